The van der Waals surface area contributed by atoms with Crippen molar-refractivity contribution in [3.63, 3.8) is 0 Å². The highest BCUT2D eigenvalue weighted by atomic mass is 19.1. The second-order valence-corrected chi connectivity index (χ2v) is 7.52. The van der Waals surface area contributed by atoms with Gasteiger partial charge in [-0.15, -0.1) is 0 Å². The zero-order valence-electron chi connectivity index (χ0n) is 16.4. The van der Waals surface area contributed by atoms with E-state index in [9.17, 15) is 14.0 Å². The van der Waals surface area contributed by atoms with Crippen molar-refractivity contribution in [3.8, 4) is 0 Å². The maximum absolute atomic E-state index is 13.3. The Kier molecular flexibility index (Phi) is 7.39. The van der Waals surface area contributed by atoms with Crippen molar-refractivity contribution in [2.24, 2.45) is 0 Å². The molecule has 6 nitrogen and oxygen atoms in total. The molecule has 1 amide bonds. The molecule has 7 heteroatoms. The average molecular weight is 392 g/mol. The lowest BCUT2D eigenvalue weighted by Gasteiger charge is -2.38. The summed E-state index contributed by atoms with van der Waals surface area (Å²) in [7, 11) is 1.35. The van der Waals surface area contributed by atoms with E-state index >= 15 is 0 Å². The lowest BCUT2D eigenvalue weighted by molar-refractivity contribution is -0.155. The Morgan fingerprint density at radius 1 is 1.21 bits per heavy atom. The molecule has 0 bridgehead atoms. The van der Waals surface area contributed by atoms with E-state index in [-0.39, 0.29) is 36.9 Å². The van der Waals surface area contributed by atoms with Gasteiger partial charge in [-0.3, -0.25) is 14.5 Å². The van der Waals surface area contributed by atoms with Crippen molar-refractivity contribution in [3.05, 3.63) is 35.6 Å². The molecule has 1 aliphatic carbocycles. The van der Waals surface area contributed by atoms with Crippen LogP contribution < -0.4 is 0 Å². The summed E-state index contributed by atoms with van der Waals surface area (Å²) in [6.45, 7) is 1.85. The maximum Gasteiger partial charge on any atom is 0.325 e. The SMILES string of the molecule is COC(=O)[C@H]1COCCN1CC(=O)N(Cc1ccc(F)cc1)C1CCCCC1. The highest BCUT2D eigenvalue weighted by Crippen LogP contribution is 2.25. The van der Waals surface area contributed by atoms with Crippen LogP contribution in [0.1, 0.15) is 37.7 Å². The van der Waals surface area contributed by atoms with Crippen LogP contribution >= 0.6 is 0 Å². The van der Waals surface area contributed by atoms with E-state index in [1.807, 2.05) is 9.80 Å². The molecular weight excluding hydrogens is 363 g/mol. The van der Waals surface area contributed by atoms with Crippen LogP contribution in [-0.2, 0) is 25.6 Å². The van der Waals surface area contributed by atoms with E-state index in [4.69, 9.17) is 9.47 Å². The van der Waals surface area contributed by atoms with Crippen LogP contribution in [0, 0.1) is 5.82 Å². The Morgan fingerprint density at radius 3 is 2.61 bits per heavy atom. The Labute approximate surface area is 165 Å². The quantitative estimate of drug-likeness (QED) is 0.696. The van der Waals surface area contributed by atoms with E-state index in [0.717, 1.165) is 31.2 Å². The molecule has 28 heavy (non-hydrogen) atoms. The fourth-order valence-corrected chi connectivity index (χ4v) is 4.05. The molecule has 1 aliphatic heterocycles. The molecule has 0 radical (unpaired) electrons. The second-order valence-electron chi connectivity index (χ2n) is 7.52. The Morgan fingerprint density at radius 2 is 1.93 bits per heavy atom. The highest BCUT2D eigenvalue weighted by Gasteiger charge is 2.34. The molecule has 2 aliphatic rings. The molecule has 1 aromatic rings. The van der Waals surface area contributed by atoms with E-state index in [2.05, 4.69) is 0 Å². The summed E-state index contributed by atoms with van der Waals surface area (Å²) in [5.41, 5.74) is 0.909. The lowest BCUT2D eigenvalue weighted by Crippen LogP contribution is -2.55. The van der Waals surface area contributed by atoms with E-state index in [1.165, 1.54) is 25.7 Å². The third kappa shape index (κ3) is 5.29. The molecule has 1 saturated carbocycles. The van der Waals surface area contributed by atoms with Crippen LogP contribution in [0.25, 0.3) is 0 Å². The van der Waals surface area contributed by atoms with Crippen LogP contribution in [0.3, 0.4) is 0 Å². The predicted octanol–water partition coefficient (Wildman–Crippen LogP) is 2.36. The minimum Gasteiger partial charge on any atom is -0.468 e. The standard InChI is InChI=1S/C21H29FN2O4/c1-27-21(26)19-15-28-12-11-23(19)14-20(25)24(18-5-3-2-4-6-18)13-16-7-9-17(22)10-8-16/h7-10,18-19H,2-6,11-15H2,1H3/t19-/m1/s1. The fraction of sp³-hybridized carbons (Fsp3) is 0.619. The number of morpholine rings is 1. The van der Waals surface area contributed by atoms with E-state index < -0.39 is 6.04 Å². The monoisotopic (exact) mass is 392 g/mol. The van der Waals surface area contributed by atoms with Gasteiger partial charge in [-0.1, -0.05) is 31.4 Å². The molecule has 0 unspecified atom stereocenters. The summed E-state index contributed by atoms with van der Waals surface area (Å²) < 4.78 is 23.5. The topological polar surface area (TPSA) is 59.1 Å². The van der Waals surface area contributed by atoms with Crippen LogP contribution in [0.5, 0.6) is 0 Å². The number of hydrogen-bond donors (Lipinski definition) is 0. The highest BCUT2D eigenvalue weighted by molar-refractivity contribution is 5.81. The van der Waals surface area contributed by atoms with Gasteiger partial charge >= 0.3 is 5.97 Å². The van der Waals surface area contributed by atoms with Gasteiger partial charge in [0, 0.05) is 19.1 Å². The van der Waals surface area contributed by atoms with Crippen LogP contribution in [0.2, 0.25) is 0 Å². The summed E-state index contributed by atoms with van der Waals surface area (Å²) in [4.78, 5) is 29.1. The normalized spacial score (nSPS) is 21.3. The molecule has 1 atom stereocenters. The van der Waals surface area contributed by atoms with Gasteiger partial charge in [0.2, 0.25) is 5.91 Å². The first-order valence-corrected chi connectivity index (χ1v) is 10.0. The van der Waals surface area contributed by atoms with Crippen molar-refractivity contribution in [2.45, 2.75) is 50.7 Å². The first-order valence-electron chi connectivity index (χ1n) is 10.0. The van der Waals surface area contributed by atoms with E-state index in [1.54, 1.807) is 12.1 Å². The Balaban J connectivity index is 1.73. The Bertz CT molecular complexity index is 661. The zero-order chi connectivity index (χ0) is 19.9. The molecule has 1 aromatic carbocycles. The van der Waals surface area contributed by atoms with Gasteiger partial charge in [0.1, 0.15) is 11.9 Å². The minimum absolute atomic E-state index is 0.00738. The third-order valence-electron chi connectivity index (χ3n) is 5.65. The summed E-state index contributed by atoms with van der Waals surface area (Å²) in [5, 5.41) is 0. The van der Waals surface area contributed by atoms with Crippen LogP contribution in [0.15, 0.2) is 24.3 Å². The fourth-order valence-electron chi connectivity index (χ4n) is 4.05. The van der Waals surface area contributed by atoms with Gasteiger partial charge in [0.05, 0.1) is 26.9 Å². The predicted molar refractivity (Wildman–Crippen MR) is 102 cm³/mol. The number of benzene rings is 1. The van der Waals surface area contributed by atoms with Gasteiger partial charge in [0.15, 0.2) is 0 Å². The molecule has 1 heterocycles. The summed E-state index contributed by atoms with van der Waals surface area (Å²) in [5.74, 6) is -0.671. The smallest absolute Gasteiger partial charge is 0.325 e. The maximum atomic E-state index is 13.3. The molecule has 1 saturated heterocycles. The molecule has 0 aromatic heterocycles. The van der Waals surface area contributed by atoms with Crippen molar-refractivity contribution in [1.82, 2.24) is 9.80 Å². The van der Waals surface area contributed by atoms with Gasteiger partial charge in [-0.05, 0) is 30.5 Å². The van der Waals surface area contributed by atoms with Crippen LogP contribution in [0.4, 0.5) is 4.39 Å². The molecule has 0 spiro atoms. The lowest BCUT2D eigenvalue weighted by atomic mass is 9.93. The minimum atomic E-state index is -0.554. The van der Waals surface area contributed by atoms with Crippen molar-refractivity contribution in [1.29, 1.82) is 0 Å². The second kappa shape index (κ2) is 9.98. The van der Waals surface area contributed by atoms with E-state index in [0.29, 0.717) is 19.7 Å². The van der Waals surface area contributed by atoms with Gasteiger partial charge in [0.25, 0.3) is 0 Å². The zero-order valence-corrected chi connectivity index (χ0v) is 16.4. The summed E-state index contributed by atoms with van der Waals surface area (Å²) >= 11 is 0. The number of hydrogen-bond acceptors (Lipinski definition) is 5. The van der Waals surface area contributed by atoms with Crippen molar-refractivity contribution in [2.75, 3.05) is 33.4 Å². The number of nitrogens with zero attached hydrogens (tertiary/aromatic N) is 2. The first kappa shape index (κ1) is 20.7. The molecule has 2 fully saturated rings. The first-order chi connectivity index (χ1) is 13.6. The molecule has 154 valence electrons. The summed E-state index contributed by atoms with van der Waals surface area (Å²) in [6, 6.07) is 5.93. The third-order valence-corrected chi connectivity index (χ3v) is 5.65. The molecule has 3 rings (SSSR count). The van der Waals surface area contributed by atoms with Crippen LogP contribution in [-0.4, -0.2) is 67.2 Å². The van der Waals surface area contributed by atoms with Gasteiger partial charge in [-0.25, -0.2) is 4.39 Å². The van der Waals surface area contributed by atoms with Crippen molar-refractivity contribution < 1.29 is 23.5 Å². The number of rotatable bonds is 6. The molecular formula is C21H29FN2O4. The van der Waals surface area contributed by atoms with Crippen molar-refractivity contribution >= 4 is 11.9 Å². The summed E-state index contributed by atoms with van der Waals surface area (Å²) in [6.07, 6.45) is 5.39. The molecule has 0 N–H and O–H groups in total. The number of carbonyl (C=O) groups excluding carboxylic acids is 2. The van der Waals surface area contributed by atoms with Gasteiger partial charge in [-0.2, -0.15) is 0 Å². The largest absolute Gasteiger partial charge is 0.468 e. The van der Waals surface area contributed by atoms with Gasteiger partial charge < -0.3 is 14.4 Å². The number of carbonyl (C=O) groups is 2. The number of esters is 1. The number of methoxy groups -OCH3 is 1. The number of ether oxygens (including phenoxy) is 2. The average Bonchev–Trinajstić information content (AvgIpc) is 2.73. The number of amides is 1. The number of halogens is 1. The Hall–Kier alpha value is -1.99.